The predicted molar refractivity (Wildman–Crippen MR) is 90.7 cm³/mol. The molecule has 0 radical (unpaired) electrons. The van der Waals surface area contributed by atoms with E-state index in [1.807, 2.05) is 24.0 Å². The number of carbonyl (C=O) groups is 1. The maximum absolute atomic E-state index is 12.6. The first-order valence-corrected chi connectivity index (χ1v) is 8.44. The van der Waals surface area contributed by atoms with E-state index >= 15 is 0 Å². The first-order valence-electron chi connectivity index (χ1n) is 8.44. The fraction of sp³-hybridized carbons (Fsp3) is 0.500. The molecular weight excluding hydrogens is 304 g/mol. The van der Waals surface area contributed by atoms with Crippen molar-refractivity contribution in [3.05, 3.63) is 42.5 Å². The van der Waals surface area contributed by atoms with E-state index in [2.05, 4.69) is 22.2 Å². The molecule has 6 heteroatoms. The average Bonchev–Trinajstić information content (AvgIpc) is 3.16. The second-order valence-corrected chi connectivity index (χ2v) is 6.34. The number of hydrogen-bond donors (Lipinski definition) is 0. The zero-order chi connectivity index (χ0) is 16.9. The molecule has 1 aromatic carbocycles. The second-order valence-electron chi connectivity index (χ2n) is 6.34. The highest BCUT2D eigenvalue weighted by molar-refractivity contribution is 5.80. The van der Waals surface area contributed by atoms with Gasteiger partial charge in [-0.2, -0.15) is 5.10 Å². The largest absolute Gasteiger partial charge is 0.496 e. The molecule has 0 spiro atoms. The molecule has 0 aliphatic carbocycles. The molecule has 6 nitrogen and oxygen atoms in total. The van der Waals surface area contributed by atoms with Gasteiger partial charge < -0.3 is 9.64 Å². The van der Waals surface area contributed by atoms with Crippen LogP contribution >= 0.6 is 0 Å². The van der Waals surface area contributed by atoms with Gasteiger partial charge in [0.1, 0.15) is 24.4 Å². The molecule has 0 bridgehead atoms. The molecule has 1 aromatic heterocycles. The molecule has 128 valence electrons. The number of carbonyl (C=O) groups excluding carboxylic acids is 1. The fourth-order valence-electron chi connectivity index (χ4n) is 3.33. The number of rotatable bonds is 5. The average molecular weight is 328 g/mol. The molecule has 2 heterocycles. The number of amides is 1. The molecule has 24 heavy (non-hydrogen) atoms. The topological polar surface area (TPSA) is 60.2 Å². The van der Waals surface area contributed by atoms with Crippen molar-refractivity contribution in [2.24, 2.45) is 5.92 Å². The number of aromatic nitrogens is 3. The smallest absolute Gasteiger partial charge is 0.247 e. The summed E-state index contributed by atoms with van der Waals surface area (Å²) in [6.07, 6.45) is 6.10. The monoisotopic (exact) mass is 328 g/mol. The van der Waals surface area contributed by atoms with Crippen LogP contribution in [-0.2, 0) is 11.2 Å². The van der Waals surface area contributed by atoms with Crippen LogP contribution in [0.5, 0.6) is 5.75 Å². The SMILES string of the molecule is COc1ccccc1CC1CCN(C(=O)C(C)n2cncn2)CC1. The molecule has 1 fully saturated rings. The van der Waals surface area contributed by atoms with Gasteiger partial charge in [0.05, 0.1) is 7.11 Å². The summed E-state index contributed by atoms with van der Waals surface area (Å²) in [7, 11) is 1.71. The third kappa shape index (κ3) is 3.58. The van der Waals surface area contributed by atoms with Crippen molar-refractivity contribution >= 4 is 5.91 Å². The van der Waals surface area contributed by atoms with Crippen LogP contribution in [0.15, 0.2) is 36.9 Å². The summed E-state index contributed by atoms with van der Waals surface area (Å²) in [4.78, 5) is 18.4. The molecular formula is C18H24N4O2. The number of ether oxygens (including phenoxy) is 1. The van der Waals surface area contributed by atoms with Crippen LogP contribution < -0.4 is 4.74 Å². The zero-order valence-corrected chi connectivity index (χ0v) is 14.3. The van der Waals surface area contributed by atoms with E-state index in [4.69, 9.17) is 4.74 Å². The lowest BCUT2D eigenvalue weighted by atomic mass is 9.89. The van der Waals surface area contributed by atoms with Gasteiger partial charge in [0.15, 0.2) is 0 Å². The first-order chi connectivity index (χ1) is 11.7. The van der Waals surface area contributed by atoms with Crippen molar-refractivity contribution in [2.75, 3.05) is 20.2 Å². The van der Waals surface area contributed by atoms with Crippen LogP contribution in [0.25, 0.3) is 0 Å². The van der Waals surface area contributed by atoms with Crippen LogP contribution in [-0.4, -0.2) is 45.8 Å². The second kappa shape index (κ2) is 7.47. The highest BCUT2D eigenvalue weighted by Crippen LogP contribution is 2.27. The van der Waals surface area contributed by atoms with E-state index in [9.17, 15) is 4.79 Å². The molecule has 1 aliphatic rings. The van der Waals surface area contributed by atoms with Gasteiger partial charge in [-0.15, -0.1) is 0 Å². The van der Waals surface area contributed by atoms with Gasteiger partial charge in [-0.05, 0) is 43.7 Å². The summed E-state index contributed by atoms with van der Waals surface area (Å²) in [6.45, 7) is 3.48. The number of methoxy groups -OCH3 is 1. The summed E-state index contributed by atoms with van der Waals surface area (Å²) in [5, 5.41) is 4.07. The molecule has 1 unspecified atom stereocenters. The minimum absolute atomic E-state index is 0.122. The quantitative estimate of drug-likeness (QED) is 0.845. The molecule has 0 N–H and O–H groups in total. The van der Waals surface area contributed by atoms with Crippen molar-refractivity contribution in [1.29, 1.82) is 0 Å². The van der Waals surface area contributed by atoms with Crippen LogP contribution in [0.1, 0.15) is 31.4 Å². The summed E-state index contributed by atoms with van der Waals surface area (Å²) in [5.41, 5.74) is 1.25. The number of para-hydroxylation sites is 1. The van der Waals surface area contributed by atoms with Gasteiger partial charge in [-0.1, -0.05) is 18.2 Å². The van der Waals surface area contributed by atoms with E-state index in [-0.39, 0.29) is 11.9 Å². The molecule has 3 rings (SSSR count). The van der Waals surface area contributed by atoms with Crippen LogP contribution in [0.2, 0.25) is 0 Å². The summed E-state index contributed by atoms with van der Waals surface area (Å²) in [5.74, 6) is 1.67. The molecule has 1 amide bonds. The lowest BCUT2D eigenvalue weighted by Crippen LogP contribution is -2.42. The lowest BCUT2D eigenvalue weighted by molar-refractivity contribution is -0.136. The Hall–Kier alpha value is -2.37. The fourth-order valence-corrected chi connectivity index (χ4v) is 3.33. The van der Waals surface area contributed by atoms with Crippen molar-refractivity contribution in [3.8, 4) is 5.75 Å². The first kappa shape index (κ1) is 16.5. The van der Waals surface area contributed by atoms with Gasteiger partial charge in [0.2, 0.25) is 5.91 Å². The molecule has 1 saturated heterocycles. The third-order valence-electron chi connectivity index (χ3n) is 4.82. The van der Waals surface area contributed by atoms with Crippen LogP contribution in [0, 0.1) is 5.92 Å². The van der Waals surface area contributed by atoms with Crippen molar-refractivity contribution < 1.29 is 9.53 Å². The van der Waals surface area contributed by atoms with E-state index in [0.29, 0.717) is 5.92 Å². The standard InChI is InChI=1S/C18H24N4O2/c1-14(22-13-19-12-20-22)18(23)21-9-7-15(8-10-21)11-16-5-3-4-6-17(16)24-2/h3-6,12-15H,7-11H2,1-2H3. The maximum atomic E-state index is 12.6. The van der Waals surface area contributed by atoms with E-state index < -0.39 is 0 Å². The normalized spacial score (nSPS) is 16.8. The molecule has 1 atom stereocenters. The number of benzene rings is 1. The Morgan fingerprint density at radius 3 is 2.75 bits per heavy atom. The number of hydrogen-bond acceptors (Lipinski definition) is 4. The zero-order valence-electron chi connectivity index (χ0n) is 14.3. The minimum Gasteiger partial charge on any atom is -0.496 e. The van der Waals surface area contributed by atoms with E-state index in [0.717, 1.165) is 38.1 Å². The Labute approximate surface area is 142 Å². The Bertz CT molecular complexity index is 663. The minimum atomic E-state index is -0.293. The molecule has 0 saturated carbocycles. The van der Waals surface area contributed by atoms with Crippen LogP contribution in [0.4, 0.5) is 0 Å². The Morgan fingerprint density at radius 1 is 1.33 bits per heavy atom. The van der Waals surface area contributed by atoms with Crippen molar-refractivity contribution in [1.82, 2.24) is 19.7 Å². The highest BCUT2D eigenvalue weighted by Gasteiger charge is 2.27. The number of likely N-dealkylation sites (tertiary alicyclic amines) is 1. The lowest BCUT2D eigenvalue weighted by Gasteiger charge is -2.33. The molecule has 1 aliphatic heterocycles. The molecule has 2 aromatic rings. The van der Waals surface area contributed by atoms with Gasteiger partial charge >= 0.3 is 0 Å². The highest BCUT2D eigenvalue weighted by atomic mass is 16.5. The van der Waals surface area contributed by atoms with E-state index in [1.54, 1.807) is 18.1 Å². The Morgan fingerprint density at radius 2 is 2.08 bits per heavy atom. The Kier molecular flexibility index (Phi) is 5.13. The third-order valence-corrected chi connectivity index (χ3v) is 4.82. The van der Waals surface area contributed by atoms with Gasteiger partial charge in [-0.3, -0.25) is 4.79 Å². The van der Waals surface area contributed by atoms with Gasteiger partial charge in [0.25, 0.3) is 0 Å². The maximum Gasteiger partial charge on any atom is 0.247 e. The van der Waals surface area contributed by atoms with Crippen molar-refractivity contribution in [2.45, 2.75) is 32.2 Å². The predicted octanol–water partition coefficient (Wildman–Crippen LogP) is 2.33. The number of nitrogens with zero attached hydrogens (tertiary/aromatic N) is 4. The van der Waals surface area contributed by atoms with Crippen molar-refractivity contribution in [3.63, 3.8) is 0 Å². The van der Waals surface area contributed by atoms with Gasteiger partial charge in [0, 0.05) is 13.1 Å². The Balaban J connectivity index is 1.55. The summed E-state index contributed by atoms with van der Waals surface area (Å²) in [6, 6.07) is 7.89. The van der Waals surface area contributed by atoms with E-state index in [1.165, 1.54) is 11.9 Å². The van der Waals surface area contributed by atoms with Gasteiger partial charge in [-0.25, -0.2) is 9.67 Å². The summed E-state index contributed by atoms with van der Waals surface area (Å²) < 4.78 is 7.05. The summed E-state index contributed by atoms with van der Waals surface area (Å²) >= 11 is 0. The van der Waals surface area contributed by atoms with Crippen LogP contribution in [0.3, 0.4) is 0 Å². The number of piperidine rings is 1.